The van der Waals surface area contributed by atoms with Crippen LogP contribution in [0.2, 0.25) is 0 Å². The molecular formula is C16H22N4. The molecule has 0 aromatic heterocycles. The molecule has 1 aromatic rings. The quantitative estimate of drug-likeness (QED) is 0.854. The number of likely N-dealkylation sites (tertiary alicyclic amines) is 1. The molecule has 106 valence electrons. The summed E-state index contributed by atoms with van der Waals surface area (Å²) >= 11 is 0. The van der Waals surface area contributed by atoms with Gasteiger partial charge in [-0.3, -0.25) is 4.90 Å². The Hall–Kier alpha value is -1.73. The summed E-state index contributed by atoms with van der Waals surface area (Å²) in [6, 6.07) is 9.00. The maximum absolute atomic E-state index is 8.86. The molecule has 2 heterocycles. The summed E-state index contributed by atoms with van der Waals surface area (Å²) in [6.45, 7) is 4.74. The second-order valence-electron chi connectivity index (χ2n) is 5.85. The van der Waals surface area contributed by atoms with Gasteiger partial charge in [0.2, 0.25) is 0 Å². The number of hydrogen-bond acceptors (Lipinski definition) is 4. The van der Waals surface area contributed by atoms with Crippen molar-refractivity contribution in [1.82, 2.24) is 4.90 Å². The fourth-order valence-electron chi connectivity index (χ4n) is 3.41. The molecule has 2 fully saturated rings. The van der Waals surface area contributed by atoms with Gasteiger partial charge < -0.3 is 10.6 Å². The summed E-state index contributed by atoms with van der Waals surface area (Å²) in [5, 5.41) is 8.86. The van der Waals surface area contributed by atoms with Gasteiger partial charge in [0.25, 0.3) is 0 Å². The van der Waals surface area contributed by atoms with Crippen LogP contribution in [0.3, 0.4) is 0 Å². The highest BCUT2D eigenvalue weighted by molar-refractivity contribution is 5.59. The summed E-state index contributed by atoms with van der Waals surface area (Å²) in [5.74, 6) is 0. The molecule has 0 spiro atoms. The number of nitrogen functional groups attached to an aromatic ring is 1. The van der Waals surface area contributed by atoms with E-state index in [9.17, 15) is 0 Å². The number of nitrogens with two attached hydrogens (primary N) is 1. The SMILES string of the molecule is N#CCc1cc(N2CCC(N3CCCC3)C2)ccc1N. The number of hydrogen-bond donors (Lipinski definition) is 1. The maximum Gasteiger partial charge on any atom is 0.0670 e. The van der Waals surface area contributed by atoms with Crippen LogP contribution in [0.15, 0.2) is 18.2 Å². The minimum absolute atomic E-state index is 0.392. The van der Waals surface area contributed by atoms with Crippen molar-refractivity contribution in [1.29, 1.82) is 5.26 Å². The van der Waals surface area contributed by atoms with Crippen molar-refractivity contribution in [3.63, 3.8) is 0 Å². The first-order valence-corrected chi connectivity index (χ1v) is 7.52. The Bertz CT molecular complexity index is 514. The van der Waals surface area contributed by atoms with E-state index in [0.29, 0.717) is 12.5 Å². The molecule has 4 heteroatoms. The molecule has 2 aliphatic heterocycles. The van der Waals surface area contributed by atoms with Crippen molar-refractivity contribution >= 4 is 11.4 Å². The molecule has 1 atom stereocenters. The predicted octanol–water partition coefficient (Wildman–Crippen LogP) is 2.01. The molecule has 1 unspecified atom stereocenters. The number of nitriles is 1. The number of nitrogens with zero attached hydrogens (tertiary/aromatic N) is 3. The Morgan fingerprint density at radius 3 is 2.80 bits per heavy atom. The first kappa shape index (κ1) is 13.3. The second-order valence-corrected chi connectivity index (χ2v) is 5.85. The monoisotopic (exact) mass is 270 g/mol. The van der Waals surface area contributed by atoms with Crippen LogP contribution in [0.5, 0.6) is 0 Å². The minimum atomic E-state index is 0.392. The van der Waals surface area contributed by atoms with Crippen LogP contribution in [-0.2, 0) is 6.42 Å². The van der Waals surface area contributed by atoms with Crippen molar-refractivity contribution in [2.24, 2.45) is 0 Å². The molecular weight excluding hydrogens is 248 g/mol. The Labute approximate surface area is 120 Å². The molecule has 0 amide bonds. The van der Waals surface area contributed by atoms with E-state index in [2.05, 4.69) is 28.0 Å². The zero-order valence-electron chi connectivity index (χ0n) is 11.9. The van der Waals surface area contributed by atoms with Crippen LogP contribution in [-0.4, -0.2) is 37.1 Å². The third-order valence-corrected chi connectivity index (χ3v) is 4.58. The van der Waals surface area contributed by atoms with E-state index in [4.69, 9.17) is 11.0 Å². The molecule has 3 rings (SSSR count). The molecule has 0 aliphatic carbocycles. The average Bonchev–Trinajstić information content (AvgIpc) is 3.11. The number of rotatable bonds is 3. The lowest BCUT2D eigenvalue weighted by atomic mass is 10.1. The van der Waals surface area contributed by atoms with Gasteiger partial charge in [-0.25, -0.2) is 0 Å². The van der Waals surface area contributed by atoms with Crippen LogP contribution >= 0.6 is 0 Å². The average molecular weight is 270 g/mol. The summed E-state index contributed by atoms with van der Waals surface area (Å²) in [6.07, 6.45) is 4.34. The molecule has 2 N–H and O–H groups in total. The minimum Gasteiger partial charge on any atom is -0.398 e. The Balaban J connectivity index is 1.71. The molecule has 0 saturated carbocycles. The fraction of sp³-hybridized carbons (Fsp3) is 0.562. The molecule has 2 aliphatic rings. The van der Waals surface area contributed by atoms with Gasteiger partial charge in [-0.1, -0.05) is 0 Å². The van der Waals surface area contributed by atoms with E-state index in [1.165, 1.54) is 38.0 Å². The third-order valence-electron chi connectivity index (χ3n) is 4.58. The highest BCUT2D eigenvalue weighted by Crippen LogP contribution is 2.27. The number of benzene rings is 1. The highest BCUT2D eigenvalue weighted by Gasteiger charge is 2.29. The molecule has 0 radical (unpaired) electrons. The van der Waals surface area contributed by atoms with Gasteiger partial charge in [-0.15, -0.1) is 0 Å². The molecule has 1 aromatic carbocycles. The molecule has 4 nitrogen and oxygen atoms in total. The van der Waals surface area contributed by atoms with E-state index < -0.39 is 0 Å². The zero-order valence-corrected chi connectivity index (χ0v) is 11.9. The predicted molar refractivity (Wildman–Crippen MR) is 81.6 cm³/mol. The standard InChI is InChI=1S/C16H22N4/c17-7-5-13-11-14(3-4-16(13)18)20-10-6-15(12-20)19-8-1-2-9-19/h3-4,11,15H,1-2,5-6,8-10,12,18H2. The topological polar surface area (TPSA) is 56.3 Å². The van der Waals surface area contributed by atoms with Gasteiger partial charge in [-0.2, -0.15) is 5.26 Å². The lowest BCUT2D eigenvalue weighted by Gasteiger charge is -2.24. The molecule has 0 bridgehead atoms. The highest BCUT2D eigenvalue weighted by atomic mass is 15.3. The normalized spacial score (nSPS) is 23.1. The molecule has 2 saturated heterocycles. The van der Waals surface area contributed by atoms with Crippen LogP contribution in [0.4, 0.5) is 11.4 Å². The van der Waals surface area contributed by atoms with Crippen molar-refractivity contribution in [3.05, 3.63) is 23.8 Å². The van der Waals surface area contributed by atoms with Crippen LogP contribution in [0.1, 0.15) is 24.8 Å². The summed E-state index contributed by atoms with van der Waals surface area (Å²) in [5.41, 5.74) is 8.82. The Kier molecular flexibility index (Phi) is 3.79. The third kappa shape index (κ3) is 2.59. The van der Waals surface area contributed by atoms with Crippen LogP contribution in [0.25, 0.3) is 0 Å². The lowest BCUT2D eigenvalue weighted by molar-refractivity contribution is 0.260. The van der Waals surface area contributed by atoms with Crippen LogP contribution < -0.4 is 10.6 Å². The Morgan fingerprint density at radius 1 is 1.25 bits per heavy atom. The second kappa shape index (κ2) is 5.72. The van der Waals surface area contributed by atoms with E-state index in [0.717, 1.165) is 24.3 Å². The van der Waals surface area contributed by atoms with Crippen molar-refractivity contribution in [2.45, 2.75) is 31.7 Å². The summed E-state index contributed by atoms with van der Waals surface area (Å²) < 4.78 is 0. The zero-order chi connectivity index (χ0) is 13.9. The van der Waals surface area contributed by atoms with Gasteiger partial charge in [0.15, 0.2) is 0 Å². The van der Waals surface area contributed by atoms with E-state index >= 15 is 0 Å². The van der Waals surface area contributed by atoms with Crippen molar-refractivity contribution in [3.8, 4) is 6.07 Å². The first-order valence-electron chi connectivity index (χ1n) is 7.52. The van der Waals surface area contributed by atoms with Crippen LogP contribution in [0, 0.1) is 11.3 Å². The van der Waals surface area contributed by atoms with E-state index in [1.807, 2.05) is 6.07 Å². The van der Waals surface area contributed by atoms with Gasteiger partial charge >= 0.3 is 0 Å². The first-order chi connectivity index (χ1) is 9.78. The molecule has 20 heavy (non-hydrogen) atoms. The van der Waals surface area contributed by atoms with Crippen molar-refractivity contribution in [2.75, 3.05) is 36.8 Å². The lowest BCUT2D eigenvalue weighted by Crippen LogP contribution is -2.35. The van der Waals surface area contributed by atoms with Gasteiger partial charge in [-0.05, 0) is 56.1 Å². The van der Waals surface area contributed by atoms with Gasteiger partial charge in [0.05, 0.1) is 12.5 Å². The Morgan fingerprint density at radius 2 is 2.05 bits per heavy atom. The van der Waals surface area contributed by atoms with E-state index in [-0.39, 0.29) is 0 Å². The summed E-state index contributed by atoms with van der Waals surface area (Å²) in [4.78, 5) is 5.07. The van der Waals surface area contributed by atoms with Gasteiger partial charge in [0, 0.05) is 30.5 Å². The number of anilines is 2. The smallest absolute Gasteiger partial charge is 0.0670 e. The summed E-state index contributed by atoms with van der Waals surface area (Å²) in [7, 11) is 0. The fourth-order valence-corrected chi connectivity index (χ4v) is 3.41. The van der Waals surface area contributed by atoms with Gasteiger partial charge in [0.1, 0.15) is 0 Å². The largest absolute Gasteiger partial charge is 0.398 e. The maximum atomic E-state index is 8.86. The van der Waals surface area contributed by atoms with E-state index in [1.54, 1.807) is 0 Å². The van der Waals surface area contributed by atoms with Crippen molar-refractivity contribution < 1.29 is 0 Å².